The number of carbonyl (C=O) groups is 2. The molecule has 0 radical (unpaired) electrons. The van der Waals surface area contributed by atoms with Crippen LogP contribution in [-0.4, -0.2) is 23.0 Å². The first kappa shape index (κ1) is 14.0. The molecule has 1 rings (SSSR count). The van der Waals surface area contributed by atoms with E-state index in [9.17, 15) is 9.59 Å². The SMILES string of the molecule is CC(C)[C@H](C)Nc1cc(C(=O)O)ccc1C(N)=O. The smallest absolute Gasteiger partial charge is 0.335 e. The molecular formula is C13H18N2O3. The second-order valence-corrected chi connectivity index (χ2v) is 4.61. The number of amides is 1. The van der Waals surface area contributed by atoms with Crippen molar-refractivity contribution in [3.05, 3.63) is 29.3 Å². The molecule has 0 saturated carbocycles. The first-order chi connectivity index (χ1) is 8.32. The molecule has 98 valence electrons. The fourth-order valence-corrected chi connectivity index (χ4v) is 1.42. The van der Waals surface area contributed by atoms with E-state index in [1.165, 1.54) is 18.2 Å². The number of hydrogen-bond donors (Lipinski definition) is 3. The lowest BCUT2D eigenvalue weighted by atomic mass is 10.0. The summed E-state index contributed by atoms with van der Waals surface area (Å²) in [4.78, 5) is 22.2. The van der Waals surface area contributed by atoms with Crippen molar-refractivity contribution in [1.82, 2.24) is 0 Å². The Morgan fingerprint density at radius 3 is 2.33 bits per heavy atom. The lowest BCUT2D eigenvalue weighted by Crippen LogP contribution is -2.24. The van der Waals surface area contributed by atoms with Crippen LogP contribution < -0.4 is 11.1 Å². The predicted octanol–water partition coefficient (Wildman–Crippen LogP) is 1.94. The molecule has 18 heavy (non-hydrogen) atoms. The van der Waals surface area contributed by atoms with Gasteiger partial charge in [0.1, 0.15) is 0 Å². The third-order valence-corrected chi connectivity index (χ3v) is 2.92. The molecule has 5 nitrogen and oxygen atoms in total. The first-order valence-corrected chi connectivity index (χ1v) is 5.76. The minimum atomic E-state index is -1.04. The number of primary amides is 1. The topological polar surface area (TPSA) is 92.4 Å². The van der Waals surface area contributed by atoms with Gasteiger partial charge in [0.15, 0.2) is 0 Å². The summed E-state index contributed by atoms with van der Waals surface area (Å²) in [5, 5.41) is 12.1. The number of carboxylic acid groups (broad SMARTS) is 1. The van der Waals surface area contributed by atoms with Crippen LogP contribution in [0.1, 0.15) is 41.5 Å². The summed E-state index contributed by atoms with van der Waals surface area (Å²) in [5.41, 5.74) is 6.15. The molecule has 1 amide bonds. The molecule has 5 heteroatoms. The van der Waals surface area contributed by atoms with Gasteiger partial charge in [-0.1, -0.05) is 13.8 Å². The van der Waals surface area contributed by atoms with E-state index < -0.39 is 11.9 Å². The zero-order valence-electron chi connectivity index (χ0n) is 10.7. The zero-order valence-corrected chi connectivity index (χ0v) is 10.7. The molecule has 0 bridgehead atoms. The lowest BCUT2D eigenvalue weighted by Gasteiger charge is -2.20. The summed E-state index contributed by atoms with van der Waals surface area (Å²) in [5.74, 6) is -1.27. The first-order valence-electron chi connectivity index (χ1n) is 5.76. The Kier molecular flexibility index (Phi) is 4.31. The van der Waals surface area contributed by atoms with Crippen LogP contribution in [0.15, 0.2) is 18.2 Å². The molecule has 0 aliphatic heterocycles. The molecule has 0 fully saturated rings. The van der Waals surface area contributed by atoms with Crippen LogP contribution in [0.4, 0.5) is 5.69 Å². The maximum atomic E-state index is 11.3. The summed E-state index contributed by atoms with van der Waals surface area (Å²) in [6.45, 7) is 6.02. The monoisotopic (exact) mass is 250 g/mol. The number of carboxylic acids is 1. The quantitative estimate of drug-likeness (QED) is 0.744. The normalized spacial score (nSPS) is 12.2. The van der Waals surface area contributed by atoms with E-state index in [1.54, 1.807) is 0 Å². The van der Waals surface area contributed by atoms with Crippen LogP contribution in [0.5, 0.6) is 0 Å². The molecule has 1 aromatic rings. The van der Waals surface area contributed by atoms with Gasteiger partial charge in [-0.3, -0.25) is 4.79 Å². The summed E-state index contributed by atoms with van der Waals surface area (Å²) >= 11 is 0. The van der Waals surface area contributed by atoms with Crippen LogP contribution in [0.2, 0.25) is 0 Å². The molecule has 0 unspecified atom stereocenters. The second kappa shape index (κ2) is 5.53. The van der Waals surface area contributed by atoms with Crippen molar-refractivity contribution >= 4 is 17.6 Å². The standard InChI is InChI=1S/C13H18N2O3/c1-7(2)8(3)15-11-6-9(13(17)18)4-5-10(11)12(14)16/h4-8,15H,1-3H3,(H2,14,16)(H,17,18)/t8-/m0/s1. The Balaban J connectivity index is 3.15. The third kappa shape index (κ3) is 3.23. The van der Waals surface area contributed by atoms with Crippen LogP contribution in [-0.2, 0) is 0 Å². The summed E-state index contributed by atoms with van der Waals surface area (Å²) in [6.07, 6.45) is 0. The average molecular weight is 250 g/mol. The predicted molar refractivity (Wildman–Crippen MR) is 69.8 cm³/mol. The highest BCUT2D eigenvalue weighted by Gasteiger charge is 2.15. The Bertz CT molecular complexity index is 469. The molecule has 0 aromatic heterocycles. The lowest BCUT2D eigenvalue weighted by molar-refractivity contribution is 0.0696. The highest BCUT2D eigenvalue weighted by molar-refractivity contribution is 6.00. The summed E-state index contributed by atoms with van der Waals surface area (Å²) < 4.78 is 0. The van der Waals surface area contributed by atoms with Crippen LogP contribution >= 0.6 is 0 Å². The highest BCUT2D eigenvalue weighted by Crippen LogP contribution is 2.20. The number of carbonyl (C=O) groups excluding carboxylic acids is 1. The van der Waals surface area contributed by atoms with Gasteiger partial charge in [0.25, 0.3) is 5.91 Å². The van der Waals surface area contributed by atoms with E-state index in [2.05, 4.69) is 5.32 Å². The van der Waals surface area contributed by atoms with Gasteiger partial charge in [0.2, 0.25) is 0 Å². The molecule has 0 spiro atoms. The average Bonchev–Trinajstić information content (AvgIpc) is 2.28. The van der Waals surface area contributed by atoms with Crippen molar-refractivity contribution in [2.45, 2.75) is 26.8 Å². The zero-order chi connectivity index (χ0) is 13.9. The van der Waals surface area contributed by atoms with Crippen molar-refractivity contribution in [1.29, 1.82) is 0 Å². The third-order valence-electron chi connectivity index (χ3n) is 2.92. The van der Waals surface area contributed by atoms with Gasteiger partial charge in [-0.15, -0.1) is 0 Å². The molecule has 0 aliphatic carbocycles. The number of rotatable bonds is 5. The van der Waals surface area contributed by atoms with Crippen molar-refractivity contribution in [2.24, 2.45) is 11.7 Å². The van der Waals surface area contributed by atoms with Crippen molar-refractivity contribution in [3.8, 4) is 0 Å². The minimum absolute atomic E-state index is 0.104. The maximum absolute atomic E-state index is 11.3. The molecule has 1 atom stereocenters. The fraction of sp³-hybridized carbons (Fsp3) is 0.385. The largest absolute Gasteiger partial charge is 0.478 e. The summed E-state index contributed by atoms with van der Waals surface area (Å²) in [6, 6.07) is 4.34. The van der Waals surface area contributed by atoms with E-state index in [0.717, 1.165) is 0 Å². The van der Waals surface area contributed by atoms with E-state index in [-0.39, 0.29) is 11.6 Å². The minimum Gasteiger partial charge on any atom is -0.478 e. The van der Waals surface area contributed by atoms with Gasteiger partial charge in [0, 0.05) is 11.7 Å². The number of anilines is 1. The Morgan fingerprint density at radius 2 is 1.89 bits per heavy atom. The Labute approximate surface area is 106 Å². The van der Waals surface area contributed by atoms with Crippen molar-refractivity contribution in [3.63, 3.8) is 0 Å². The Morgan fingerprint density at radius 1 is 1.28 bits per heavy atom. The van der Waals surface area contributed by atoms with E-state index >= 15 is 0 Å². The van der Waals surface area contributed by atoms with Crippen LogP contribution in [0, 0.1) is 5.92 Å². The van der Waals surface area contributed by atoms with E-state index in [1.807, 2.05) is 20.8 Å². The Hall–Kier alpha value is -2.04. The molecule has 4 N–H and O–H groups in total. The maximum Gasteiger partial charge on any atom is 0.335 e. The van der Waals surface area contributed by atoms with Gasteiger partial charge >= 0.3 is 5.97 Å². The molecule has 1 aromatic carbocycles. The number of hydrogen-bond acceptors (Lipinski definition) is 3. The van der Waals surface area contributed by atoms with Gasteiger partial charge in [-0.05, 0) is 31.0 Å². The van der Waals surface area contributed by atoms with E-state index in [0.29, 0.717) is 17.2 Å². The number of nitrogens with two attached hydrogens (primary N) is 1. The van der Waals surface area contributed by atoms with Crippen LogP contribution in [0.3, 0.4) is 0 Å². The number of aromatic carboxylic acids is 1. The molecule has 0 aliphatic rings. The van der Waals surface area contributed by atoms with Gasteiger partial charge < -0.3 is 16.2 Å². The van der Waals surface area contributed by atoms with Gasteiger partial charge in [0.05, 0.1) is 11.1 Å². The van der Waals surface area contributed by atoms with Crippen molar-refractivity contribution in [2.75, 3.05) is 5.32 Å². The van der Waals surface area contributed by atoms with Crippen LogP contribution in [0.25, 0.3) is 0 Å². The summed E-state index contributed by atoms with van der Waals surface area (Å²) in [7, 11) is 0. The van der Waals surface area contributed by atoms with Crippen molar-refractivity contribution < 1.29 is 14.7 Å². The van der Waals surface area contributed by atoms with Gasteiger partial charge in [-0.25, -0.2) is 4.79 Å². The molecule has 0 heterocycles. The fourth-order valence-electron chi connectivity index (χ4n) is 1.42. The number of benzene rings is 1. The van der Waals surface area contributed by atoms with Gasteiger partial charge in [-0.2, -0.15) is 0 Å². The highest BCUT2D eigenvalue weighted by atomic mass is 16.4. The molecule has 0 saturated heterocycles. The molecular weight excluding hydrogens is 232 g/mol. The van der Waals surface area contributed by atoms with E-state index in [4.69, 9.17) is 10.8 Å². The number of nitrogens with one attached hydrogen (secondary N) is 1. The second-order valence-electron chi connectivity index (χ2n) is 4.61.